The van der Waals surface area contributed by atoms with Crippen LogP contribution in [0.15, 0.2) is 10.9 Å². The molecule has 1 saturated heterocycles. The molecule has 0 unspecified atom stereocenters. The van der Waals surface area contributed by atoms with Crippen LogP contribution in [-0.4, -0.2) is 39.5 Å². The summed E-state index contributed by atoms with van der Waals surface area (Å²) in [6.45, 7) is 0.395. The number of fused-ring (bicyclic) bond motifs is 1. The Balaban J connectivity index is 1.94. The minimum Gasteiger partial charge on any atom is -0.480 e. The molecule has 2 aliphatic rings. The van der Waals surface area contributed by atoms with Gasteiger partial charge in [0, 0.05) is 12.2 Å². The van der Waals surface area contributed by atoms with Gasteiger partial charge in [-0.25, -0.2) is 4.79 Å². The Kier molecular flexibility index (Phi) is 3.53. The van der Waals surface area contributed by atoms with E-state index in [-0.39, 0.29) is 5.56 Å². The fraction of sp³-hybridized carbons (Fsp3) is 0.533. The van der Waals surface area contributed by atoms with E-state index >= 15 is 0 Å². The molecule has 1 aliphatic carbocycles. The van der Waals surface area contributed by atoms with Crippen LogP contribution in [0.1, 0.15) is 47.3 Å². The van der Waals surface area contributed by atoms with Crippen molar-refractivity contribution >= 4 is 11.9 Å². The van der Waals surface area contributed by atoms with Gasteiger partial charge in [-0.2, -0.15) is 0 Å². The quantitative estimate of drug-likeness (QED) is 0.848. The first kappa shape index (κ1) is 13.9. The highest BCUT2D eigenvalue weighted by molar-refractivity contribution is 5.96. The number of carbonyl (C=O) groups excluding carboxylic acids is 1. The lowest BCUT2D eigenvalue weighted by atomic mass is 9.95. The van der Waals surface area contributed by atoms with Crippen molar-refractivity contribution in [1.82, 2.24) is 9.88 Å². The predicted molar refractivity (Wildman–Crippen MR) is 75.4 cm³/mol. The van der Waals surface area contributed by atoms with Gasteiger partial charge in [-0.05, 0) is 50.2 Å². The SMILES string of the molecule is O=C(O)[C@H]1CCCN1C(=O)c1cc2c([nH]c1=O)CCCC2. The summed E-state index contributed by atoms with van der Waals surface area (Å²) in [4.78, 5) is 39.9. The summed E-state index contributed by atoms with van der Waals surface area (Å²) in [6.07, 6.45) is 4.89. The number of likely N-dealkylation sites (tertiary alicyclic amines) is 1. The second-order valence-electron chi connectivity index (χ2n) is 5.72. The summed E-state index contributed by atoms with van der Waals surface area (Å²) in [6, 6.07) is 0.848. The number of hydrogen-bond donors (Lipinski definition) is 2. The molecule has 1 aromatic rings. The average molecular weight is 290 g/mol. The molecule has 0 radical (unpaired) electrons. The van der Waals surface area contributed by atoms with E-state index < -0.39 is 23.5 Å². The number of aryl methyl sites for hydroxylation is 2. The molecule has 0 saturated carbocycles. The molecular weight excluding hydrogens is 272 g/mol. The molecule has 1 atom stereocenters. The first-order valence-corrected chi connectivity index (χ1v) is 7.37. The van der Waals surface area contributed by atoms with Gasteiger partial charge in [0.05, 0.1) is 0 Å². The van der Waals surface area contributed by atoms with Gasteiger partial charge in [0.15, 0.2) is 0 Å². The van der Waals surface area contributed by atoms with E-state index in [1.165, 1.54) is 4.90 Å². The maximum absolute atomic E-state index is 12.5. The number of aromatic amines is 1. The smallest absolute Gasteiger partial charge is 0.326 e. The number of nitrogens with zero attached hydrogens (tertiary/aromatic N) is 1. The van der Waals surface area contributed by atoms with Crippen molar-refractivity contribution in [3.63, 3.8) is 0 Å². The van der Waals surface area contributed by atoms with E-state index in [0.29, 0.717) is 19.4 Å². The molecule has 21 heavy (non-hydrogen) atoms. The predicted octanol–water partition coefficient (Wildman–Crippen LogP) is 0.943. The zero-order chi connectivity index (χ0) is 15.0. The highest BCUT2D eigenvalue weighted by Gasteiger charge is 2.35. The number of carboxylic acid groups (broad SMARTS) is 1. The third-order valence-corrected chi connectivity index (χ3v) is 4.37. The molecule has 0 spiro atoms. The number of hydrogen-bond acceptors (Lipinski definition) is 3. The first-order chi connectivity index (χ1) is 10.1. The third kappa shape index (κ3) is 2.46. The number of amides is 1. The Bertz CT molecular complexity index is 650. The molecule has 6 heteroatoms. The summed E-state index contributed by atoms with van der Waals surface area (Å²) in [5.74, 6) is -1.47. The number of pyridine rings is 1. The van der Waals surface area contributed by atoms with E-state index in [4.69, 9.17) is 5.11 Å². The highest BCUT2D eigenvalue weighted by Crippen LogP contribution is 2.22. The van der Waals surface area contributed by atoms with Gasteiger partial charge in [-0.1, -0.05) is 0 Å². The van der Waals surface area contributed by atoms with Crippen LogP contribution in [0, 0.1) is 0 Å². The van der Waals surface area contributed by atoms with Crippen molar-refractivity contribution in [3.8, 4) is 0 Å². The van der Waals surface area contributed by atoms with E-state index in [1.807, 2.05) is 0 Å². The van der Waals surface area contributed by atoms with Gasteiger partial charge in [-0.15, -0.1) is 0 Å². The summed E-state index contributed by atoms with van der Waals surface area (Å²) in [5.41, 5.74) is 1.59. The van der Waals surface area contributed by atoms with Gasteiger partial charge in [-0.3, -0.25) is 9.59 Å². The van der Waals surface area contributed by atoms with Crippen LogP contribution >= 0.6 is 0 Å². The summed E-state index contributed by atoms with van der Waals surface area (Å²) in [5, 5.41) is 9.16. The van der Waals surface area contributed by atoms with Crippen LogP contribution < -0.4 is 5.56 Å². The zero-order valence-corrected chi connectivity index (χ0v) is 11.7. The Morgan fingerprint density at radius 2 is 2.00 bits per heavy atom. The molecule has 3 rings (SSSR count). The maximum Gasteiger partial charge on any atom is 0.326 e. The van der Waals surface area contributed by atoms with Crippen LogP contribution in [0.3, 0.4) is 0 Å². The van der Waals surface area contributed by atoms with E-state index in [0.717, 1.165) is 36.9 Å². The van der Waals surface area contributed by atoms with Crippen LogP contribution in [0.2, 0.25) is 0 Å². The first-order valence-electron chi connectivity index (χ1n) is 7.37. The van der Waals surface area contributed by atoms with Crippen LogP contribution in [0.25, 0.3) is 0 Å². The average Bonchev–Trinajstić information content (AvgIpc) is 2.95. The Morgan fingerprint density at radius 3 is 2.76 bits per heavy atom. The van der Waals surface area contributed by atoms with Gasteiger partial charge in [0.1, 0.15) is 11.6 Å². The van der Waals surface area contributed by atoms with E-state index in [1.54, 1.807) is 6.07 Å². The number of H-pyrrole nitrogens is 1. The van der Waals surface area contributed by atoms with Crippen LogP contribution in [0.4, 0.5) is 0 Å². The molecule has 112 valence electrons. The van der Waals surface area contributed by atoms with E-state index in [2.05, 4.69) is 4.98 Å². The molecule has 6 nitrogen and oxygen atoms in total. The fourth-order valence-corrected chi connectivity index (χ4v) is 3.25. The standard InChI is InChI=1S/C15H18N2O4/c18-13-10(8-9-4-1-2-5-11(9)16-13)14(19)17-7-3-6-12(17)15(20)21/h8,12H,1-7H2,(H,16,18)(H,20,21)/t12-/m1/s1. The normalized spacial score (nSPS) is 21.1. The topological polar surface area (TPSA) is 90.5 Å². The van der Waals surface area contributed by atoms with Gasteiger partial charge < -0.3 is 15.0 Å². The Hall–Kier alpha value is -2.11. The zero-order valence-electron chi connectivity index (χ0n) is 11.7. The number of rotatable bonds is 2. The van der Waals surface area contributed by atoms with Crippen LogP contribution in [0.5, 0.6) is 0 Å². The lowest BCUT2D eigenvalue weighted by Gasteiger charge is -2.22. The van der Waals surface area contributed by atoms with Gasteiger partial charge in [0.25, 0.3) is 11.5 Å². The molecule has 2 N–H and O–H groups in total. The van der Waals surface area contributed by atoms with Crippen molar-refractivity contribution in [2.45, 2.75) is 44.6 Å². The molecule has 1 aliphatic heterocycles. The van der Waals surface area contributed by atoms with Crippen molar-refractivity contribution in [2.24, 2.45) is 0 Å². The summed E-state index contributed by atoms with van der Waals surface area (Å²) >= 11 is 0. The second kappa shape index (κ2) is 5.35. The molecule has 0 bridgehead atoms. The lowest BCUT2D eigenvalue weighted by Crippen LogP contribution is -2.42. The lowest BCUT2D eigenvalue weighted by molar-refractivity contribution is -0.141. The van der Waals surface area contributed by atoms with Crippen molar-refractivity contribution in [1.29, 1.82) is 0 Å². The number of aromatic nitrogens is 1. The summed E-state index contributed by atoms with van der Waals surface area (Å²) < 4.78 is 0. The highest BCUT2D eigenvalue weighted by atomic mass is 16.4. The molecule has 1 aromatic heterocycles. The van der Waals surface area contributed by atoms with Crippen molar-refractivity contribution in [3.05, 3.63) is 33.2 Å². The molecule has 1 amide bonds. The number of nitrogens with one attached hydrogen (secondary N) is 1. The minimum absolute atomic E-state index is 0.0730. The third-order valence-electron chi connectivity index (χ3n) is 4.37. The number of aliphatic carboxylic acids is 1. The molecule has 0 aromatic carbocycles. The van der Waals surface area contributed by atoms with Crippen LogP contribution in [-0.2, 0) is 17.6 Å². The molecular formula is C15H18N2O4. The number of carbonyl (C=O) groups is 2. The van der Waals surface area contributed by atoms with Gasteiger partial charge >= 0.3 is 5.97 Å². The second-order valence-corrected chi connectivity index (χ2v) is 5.72. The Morgan fingerprint density at radius 1 is 1.24 bits per heavy atom. The summed E-state index contributed by atoms with van der Waals surface area (Å²) in [7, 11) is 0. The largest absolute Gasteiger partial charge is 0.480 e. The molecule has 1 fully saturated rings. The van der Waals surface area contributed by atoms with E-state index in [9.17, 15) is 14.4 Å². The monoisotopic (exact) mass is 290 g/mol. The maximum atomic E-state index is 12.5. The fourth-order valence-electron chi connectivity index (χ4n) is 3.25. The van der Waals surface area contributed by atoms with Crippen molar-refractivity contribution < 1.29 is 14.7 Å². The van der Waals surface area contributed by atoms with Gasteiger partial charge in [0.2, 0.25) is 0 Å². The minimum atomic E-state index is -1.00. The molecule has 2 heterocycles. The Labute approximate surface area is 121 Å². The number of carboxylic acids is 1. The van der Waals surface area contributed by atoms with Crippen molar-refractivity contribution in [2.75, 3.05) is 6.54 Å².